The molecule has 0 N–H and O–H groups in total. The van der Waals surface area contributed by atoms with Crippen LogP contribution in [0.3, 0.4) is 0 Å². The molecule has 0 fully saturated rings. The first kappa shape index (κ1) is 11.0. The molecule has 0 amide bonds. The van der Waals surface area contributed by atoms with Crippen molar-refractivity contribution < 1.29 is 17.7 Å². The van der Waals surface area contributed by atoms with Crippen LogP contribution in [0.4, 0.5) is 13.2 Å². The Morgan fingerprint density at radius 1 is 1.12 bits per heavy atom. The monoisotopic (exact) mass is 247 g/mol. The molecule has 1 aromatic carbocycles. The van der Waals surface area contributed by atoms with Gasteiger partial charge in [0.05, 0.1) is 0 Å². The Morgan fingerprint density at radius 2 is 1.75 bits per heavy atom. The number of aromatic nitrogens is 1. The molecular weight excluding hydrogens is 243 g/mol. The third kappa shape index (κ3) is 2.19. The molecule has 2 nitrogen and oxygen atoms in total. The summed E-state index contributed by atoms with van der Waals surface area (Å²) in [5.74, 6) is -1.11. The maximum Gasteiger partial charge on any atom is 0.452 e. The fraction of sp³-hybridized carbons (Fsp3) is 0.100. The zero-order valence-electron chi connectivity index (χ0n) is 7.75. The normalized spacial score (nSPS) is 11.8. The molecule has 2 rings (SSSR count). The summed E-state index contributed by atoms with van der Waals surface area (Å²) < 4.78 is 40.9. The third-order valence-electron chi connectivity index (χ3n) is 1.93. The predicted molar refractivity (Wildman–Crippen MR) is 52.0 cm³/mol. The Bertz CT molecular complexity index is 490. The van der Waals surface area contributed by atoms with E-state index in [4.69, 9.17) is 11.6 Å². The minimum atomic E-state index is -4.52. The van der Waals surface area contributed by atoms with Crippen LogP contribution in [0.5, 0.6) is 0 Å². The number of alkyl halides is 3. The molecule has 6 heteroatoms. The van der Waals surface area contributed by atoms with Crippen molar-refractivity contribution >= 4 is 11.6 Å². The molecule has 0 bridgehead atoms. The molecule has 16 heavy (non-hydrogen) atoms. The van der Waals surface area contributed by atoms with Gasteiger partial charge in [-0.15, -0.1) is 0 Å². The third-order valence-corrected chi connectivity index (χ3v) is 2.18. The summed E-state index contributed by atoms with van der Waals surface area (Å²) in [6.07, 6.45) is -4.52. The summed E-state index contributed by atoms with van der Waals surface area (Å²) in [5, 5.41) is 3.85. The van der Waals surface area contributed by atoms with Crippen LogP contribution in [0, 0.1) is 0 Å². The zero-order chi connectivity index (χ0) is 11.8. The molecule has 0 aliphatic rings. The molecule has 0 aliphatic carbocycles. The van der Waals surface area contributed by atoms with E-state index in [1.54, 1.807) is 24.3 Å². The van der Waals surface area contributed by atoms with Crippen molar-refractivity contribution in [3.05, 3.63) is 41.1 Å². The molecule has 0 spiro atoms. The van der Waals surface area contributed by atoms with Gasteiger partial charge in [-0.05, 0) is 12.1 Å². The zero-order valence-corrected chi connectivity index (χ0v) is 8.51. The highest BCUT2D eigenvalue weighted by molar-refractivity contribution is 6.30. The number of halogens is 4. The Balaban J connectivity index is 2.35. The molecule has 84 valence electrons. The molecule has 1 heterocycles. The minimum absolute atomic E-state index is 0.129. The Morgan fingerprint density at radius 3 is 2.25 bits per heavy atom. The van der Waals surface area contributed by atoms with Crippen LogP contribution in [-0.2, 0) is 6.18 Å². The molecule has 0 unspecified atom stereocenters. The van der Waals surface area contributed by atoms with E-state index in [2.05, 4.69) is 9.68 Å². The van der Waals surface area contributed by atoms with Crippen molar-refractivity contribution in [2.45, 2.75) is 6.18 Å². The van der Waals surface area contributed by atoms with E-state index in [1.807, 2.05) is 0 Å². The van der Waals surface area contributed by atoms with Gasteiger partial charge in [0.2, 0.25) is 5.76 Å². The Hall–Kier alpha value is -1.49. The largest absolute Gasteiger partial charge is 0.452 e. The van der Waals surface area contributed by atoms with Gasteiger partial charge in [0.15, 0.2) is 0 Å². The smallest absolute Gasteiger partial charge is 0.351 e. The van der Waals surface area contributed by atoms with Gasteiger partial charge in [0.25, 0.3) is 0 Å². The number of rotatable bonds is 1. The van der Waals surface area contributed by atoms with Crippen LogP contribution in [0.25, 0.3) is 11.3 Å². The van der Waals surface area contributed by atoms with Crippen molar-refractivity contribution in [1.29, 1.82) is 0 Å². The lowest BCUT2D eigenvalue weighted by Crippen LogP contribution is -2.02. The van der Waals surface area contributed by atoms with E-state index in [9.17, 15) is 13.2 Å². The lowest BCUT2D eigenvalue weighted by Gasteiger charge is -1.97. The number of nitrogens with zero attached hydrogens (tertiary/aromatic N) is 1. The maximum atomic E-state index is 12.2. The van der Waals surface area contributed by atoms with Gasteiger partial charge >= 0.3 is 6.18 Å². The van der Waals surface area contributed by atoms with E-state index in [-0.39, 0.29) is 5.69 Å². The first-order valence-corrected chi connectivity index (χ1v) is 4.64. The summed E-state index contributed by atoms with van der Waals surface area (Å²) in [7, 11) is 0. The highest BCUT2D eigenvalue weighted by atomic mass is 35.5. The SMILES string of the molecule is FC(F)(F)c1cc(-c2ccc(Cl)cc2)no1. The van der Waals surface area contributed by atoms with Gasteiger partial charge in [-0.2, -0.15) is 13.2 Å². The van der Waals surface area contributed by atoms with Gasteiger partial charge in [-0.3, -0.25) is 0 Å². The molecule has 0 saturated carbocycles. The molecule has 0 aliphatic heterocycles. The second kappa shape index (κ2) is 3.83. The quantitative estimate of drug-likeness (QED) is 0.761. The van der Waals surface area contributed by atoms with Crippen molar-refractivity contribution in [3.63, 3.8) is 0 Å². The summed E-state index contributed by atoms with van der Waals surface area (Å²) in [5.41, 5.74) is 0.646. The second-order valence-electron chi connectivity index (χ2n) is 3.08. The van der Waals surface area contributed by atoms with Crippen molar-refractivity contribution in [1.82, 2.24) is 5.16 Å². The van der Waals surface area contributed by atoms with Crippen molar-refractivity contribution in [2.75, 3.05) is 0 Å². The highest BCUT2D eigenvalue weighted by Crippen LogP contribution is 2.32. The lowest BCUT2D eigenvalue weighted by molar-refractivity contribution is -0.155. The van der Waals surface area contributed by atoms with Crippen LogP contribution in [0.2, 0.25) is 5.02 Å². The van der Waals surface area contributed by atoms with Crippen molar-refractivity contribution in [2.24, 2.45) is 0 Å². The molecule has 0 saturated heterocycles. The molecule has 1 aromatic heterocycles. The lowest BCUT2D eigenvalue weighted by atomic mass is 10.1. The molecule has 0 radical (unpaired) electrons. The van der Waals surface area contributed by atoms with Crippen LogP contribution < -0.4 is 0 Å². The van der Waals surface area contributed by atoms with E-state index in [0.29, 0.717) is 10.6 Å². The minimum Gasteiger partial charge on any atom is -0.351 e. The fourth-order valence-electron chi connectivity index (χ4n) is 1.17. The number of hydrogen-bond acceptors (Lipinski definition) is 2. The topological polar surface area (TPSA) is 26.0 Å². The van der Waals surface area contributed by atoms with Crippen LogP contribution in [-0.4, -0.2) is 5.16 Å². The van der Waals surface area contributed by atoms with Crippen LogP contribution in [0.15, 0.2) is 34.9 Å². The number of benzene rings is 1. The average Bonchev–Trinajstić information content (AvgIpc) is 2.67. The van der Waals surface area contributed by atoms with E-state index >= 15 is 0 Å². The molecule has 0 atom stereocenters. The first-order valence-electron chi connectivity index (χ1n) is 4.26. The standard InChI is InChI=1S/C10H5ClF3NO/c11-7-3-1-6(2-4-7)8-5-9(16-15-8)10(12,13)14/h1-5H. The van der Waals surface area contributed by atoms with Gasteiger partial charge in [0.1, 0.15) is 5.69 Å². The average molecular weight is 248 g/mol. The first-order chi connectivity index (χ1) is 7.47. The Kier molecular flexibility index (Phi) is 2.63. The number of hydrogen-bond donors (Lipinski definition) is 0. The van der Waals surface area contributed by atoms with Crippen molar-refractivity contribution in [3.8, 4) is 11.3 Å². The van der Waals surface area contributed by atoms with Crippen LogP contribution in [0.1, 0.15) is 5.76 Å². The van der Waals surface area contributed by atoms with Gasteiger partial charge < -0.3 is 4.52 Å². The second-order valence-corrected chi connectivity index (χ2v) is 3.52. The van der Waals surface area contributed by atoms with Gasteiger partial charge in [-0.25, -0.2) is 0 Å². The fourth-order valence-corrected chi connectivity index (χ4v) is 1.29. The molecule has 2 aromatic rings. The highest BCUT2D eigenvalue weighted by Gasteiger charge is 2.36. The van der Waals surface area contributed by atoms with E-state index in [0.717, 1.165) is 6.07 Å². The molecular formula is C10H5ClF3NO. The summed E-state index contributed by atoms with van der Waals surface area (Å²) in [6.45, 7) is 0. The Labute approximate surface area is 93.6 Å². The summed E-state index contributed by atoms with van der Waals surface area (Å²) in [6, 6.07) is 7.13. The predicted octanol–water partition coefficient (Wildman–Crippen LogP) is 4.01. The summed E-state index contributed by atoms with van der Waals surface area (Å²) in [4.78, 5) is 0. The van der Waals surface area contributed by atoms with Crippen LogP contribution >= 0.6 is 11.6 Å². The summed E-state index contributed by atoms with van der Waals surface area (Å²) >= 11 is 5.65. The van der Waals surface area contributed by atoms with E-state index < -0.39 is 11.9 Å². The maximum absolute atomic E-state index is 12.2. The van der Waals surface area contributed by atoms with Gasteiger partial charge in [-0.1, -0.05) is 28.9 Å². The van der Waals surface area contributed by atoms with Gasteiger partial charge in [0, 0.05) is 16.7 Å². The van der Waals surface area contributed by atoms with E-state index in [1.165, 1.54) is 0 Å².